The number of aryl methyl sites for hydroxylation is 2. The van der Waals surface area contributed by atoms with Gasteiger partial charge in [-0.25, -0.2) is 13.3 Å². The van der Waals surface area contributed by atoms with Gasteiger partial charge in [0, 0.05) is 6.04 Å². The van der Waals surface area contributed by atoms with Crippen molar-refractivity contribution in [3.05, 3.63) is 52.6 Å². The van der Waals surface area contributed by atoms with Crippen molar-refractivity contribution in [1.82, 2.24) is 4.31 Å². The van der Waals surface area contributed by atoms with Crippen molar-refractivity contribution in [3.63, 3.8) is 0 Å². The van der Waals surface area contributed by atoms with Gasteiger partial charge in [-0.3, -0.25) is 9.59 Å². The van der Waals surface area contributed by atoms with Crippen LogP contribution in [0.15, 0.2) is 35.2 Å². The summed E-state index contributed by atoms with van der Waals surface area (Å²) in [5, 5.41) is 0. The molecule has 2 aliphatic rings. The fourth-order valence-corrected chi connectivity index (χ4v) is 7.80. The number of sulfonamides is 1. The number of carbonyl (C=O) groups excluding carboxylic acids is 2. The second kappa shape index (κ2) is 9.74. The zero-order valence-corrected chi connectivity index (χ0v) is 21.9. The Morgan fingerprint density at radius 2 is 1.54 bits per heavy atom. The van der Waals surface area contributed by atoms with Gasteiger partial charge in [-0.2, -0.15) is 4.31 Å². The van der Waals surface area contributed by atoms with Crippen LogP contribution in [0.2, 0.25) is 0 Å². The van der Waals surface area contributed by atoms with E-state index in [1.807, 2.05) is 40.7 Å². The zero-order chi connectivity index (χ0) is 25.5. The van der Waals surface area contributed by atoms with Crippen LogP contribution in [-0.4, -0.2) is 43.2 Å². The fraction of sp³-hybridized carbons (Fsp3) is 0.481. The van der Waals surface area contributed by atoms with Crippen molar-refractivity contribution in [2.45, 2.75) is 83.7 Å². The first-order valence-corrected chi connectivity index (χ1v) is 13.7. The molecule has 1 unspecified atom stereocenters. The minimum absolute atomic E-state index is 0.162. The van der Waals surface area contributed by atoms with Crippen LogP contribution in [0, 0.1) is 27.7 Å². The molecule has 1 saturated carbocycles. The molecule has 7 nitrogen and oxygen atoms in total. The molecule has 0 radical (unpaired) electrons. The first kappa shape index (κ1) is 25.4. The first-order valence-electron chi connectivity index (χ1n) is 12.3. The Morgan fingerprint density at radius 1 is 0.971 bits per heavy atom. The molecule has 2 aromatic rings. The van der Waals surface area contributed by atoms with Crippen molar-refractivity contribution >= 4 is 27.5 Å². The Morgan fingerprint density at radius 3 is 2.09 bits per heavy atom. The van der Waals surface area contributed by atoms with Crippen molar-refractivity contribution < 1.29 is 22.7 Å². The van der Waals surface area contributed by atoms with Crippen LogP contribution in [-0.2, 0) is 19.6 Å². The first-order chi connectivity index (χ1) is 16.6. The molecule has 0 N–H and O–H groups in total. The van der Waals surface area contributed by atoms with Gasteiger partial charge in [0.2, 0.25) is 15.9 Å². The lowest BCUT2D eigenvalue weighted by Gasteiger charge is -2.33. The molecule has 0 aromatic heterocycles. The second-order valence-electron chi connectivity index (χ2n) is 9.58. The summed E-state index contributed by atoms with van der Waals surface area (Å²) in [6, 6.07) is 7.37. The van der Waals surface area contributed by atoms with E-state index in [1.54, 1.807) is 24.3 Å². The lowest BCUT2D eigenvalue weighted by molar-refractivity contribution is -0.122. The molecule has 35 heavy (non-hydrogen) atoms. The highest BCUT2D eigenvalue weighted by Crippen LogP contribution is 2.38. The van der Waals surface area contributed by atoms with Crippen molar-refractivity contribution in [2.24, 2.45) is 0 Å². The quantitative estimate of drug-likeness (QED) is 0.522. The summed E-state index contributed by atoms with van der Waals surface area (Å²) in [7, 11) is -4.04. The molecular formula is C27H34N2O5S. The number of hydrogen-bond acceptors (Lipinski definition) is 5. The molecule has 2 amide bonds. The standard InChI is InChI=1S/C27H34N2O5S/c1-6-34-23-13-11-21(12-14-23)28-25(30)16-24(27(28)31)29(22-9-7-8-10-22)35(32,33)26-19(4)17(2)15-18(3)20(26)5/h11-15,22,24H,6-10,16H2,1-5H3. The minimum Gasteiger partial charge on any atom is -0.494 e. The Hall–Kier alpha value is -2.71. The molecule has 0 bridgehead atoms. The topological polar surface area (TPSA) is 84.0 Å². The van der Waals surface area contributed by atoms with Gasteiger partial charge in [0.15, 0.2) is 0 Å². The predicted molar refractivity (Wildman–Crippen MR) is 135 cm³/mol. The van der Waals surface area contributed by atoms with Gasteiger partial charge in [-0.05, 0) is 94.0 Å². The van der Waals surface area contributed by atoms with Crippen LogP contribution in [0.1, 0.15) is 61.3 Å². The molecule has 4 rings (SSSR count). The third kappa shape index (κ3) is 4.49. The predicted octanol–water partition coefficient (Wildman–Crippen LogP) is 4.58. The Bertz CT molecular complexity index is 1220. The van der Waals surface area contributed by atoms with Crippen LogP contribution in [0.3, 0.4) is 0 Å². The molecule has 188 valence electrons. The number of nitrogens with zero attached hydrogens (tertiary/aromatic N) is 2. The van der Waals surface area contributed by atoms with Crippen LogP contribution < -0.4 is 9.64 Å². The van der Waals surface area contributed by atoms with Crippen LogP contribution >= 0.6 is 0 Å². The Labute approximate surface area is 208 Å². The van der Waals surface area contributed by atoms with Gasteiger partial charge in [0.25, 0.3) is 5.91 Å². The highest BCUT2D eigenvalue weighted by Gasteiger charge is 2.50. The van der Waals surface area contributed by atoms with E-state index in [0.29, 0.717) is 42.0 Å². The van der Waals surface area contributed by atoms with Crippen molar-refractivity contribution in [1.29, 1.82) is 0 Å². The van der Waals surface area contributed by atoms with Crippen LogP contribution in [0.4, 0.5) is 5.69 Å². The molecule has 1 heterocycles. The summed E-state index contributed by atoms with van der Waals surface area (Å²) in [6.45, 7) is 9.82. The number of anilines is 1. The summed E-state index contributed by atoms with van der Waals surface area (Å²) in [6.07, 6.45) is 3.01. The summed E-state index contributed by atoms with van der Waals surface area (Å²) in [5.41, 5.74) is 3.59. The Balaban J connectivity index is 1.77. The third-order valence-electron chi connectivity index (χ3n) is 7.35. The van der Waals surface area contributed by atoms with Crippen LogP contribution in [0.25, 0.3) is 0 Å². The summed E-state index contributed by atoms with van der Waals surface area (Å²) >= 11 is 0. The molecule has 2 fully saturated rings. The lowest BCUT2D eigenvalue weighted by atomic mass is 10.0. The maximum absolute atomic E-state index is 14.3. The average molecular weight is 499 g/mol. The van der Waals surface area contributed by atoms with E-state index in [1.165, 1.54) is 4.31 Å². The van der Waals surface area contributed by atoms with Gasteiger partial charge >= 0.3 is 0 Å². The Kier molecular flexibility index (Phi) is 7.06. The molecule has 1 aliphatic heterocycles. The maximum atomic E-state index is 14.3. The van der Waals surface area contributed by atoms with E-state index in [4.69, 9.17) is 4.74 Å². The van der Waals surface area contributed by atoms with Gasteiger partial charge in [-0.1, -0.05) is 18.9 Å². The third-order valence-corrected chi connectivity index (χ3v) is 9.59. The summed E-state index contributed by atoms with van der Waals surface area (Å²) in [5.74, 6) is -0.242. The number of ether oxygens (including phenoxy) is 1. The smallest absolute Gasteiger partial charge is 0.252 e. The number of hydrogen-bond donors (Lipinski definition) is 0. The number of amides is 2. The van der Waals surface area contributed by atoms with E-state index in [-0.39, 0.29) is 17.4 Å². The van der Waals surface area contributed by atoms with Gasteiger partial charge in [-0.15, -0.1) is 0 Å². The number of rotatable bonds is 7. The summed E-state index contributed by atoms with van der Waals surface area (Å²) in [4.78, 5) is 28.1. The molecular weight excluding hydrogens is 464 g/mol. The largest absolute Gasteiger partial charge is 0.494 e. The zero-order valence-electron chi connectivity index (χ0n) is 21.1. The monoisotopic (exact) mass is 498 g/mol. The minimum atomic E-state index is -4.04. The van der Waals surface area contributed by atoms with Crippen molar-refractivity contribution in [3.8, 4) is 5.75 Å². The number of imide groups is 1. The second-order valence-corrected chi connectivity index (χ2v) is 11.4. The summed E-state index contributed by atoms with van der Waals surface area (Å²) < 4.78 is 35.4. The lowest BCUT2D eigenvalue weighted by Crippen LogP contribution is -2.50. The number of benzene rings is 2. The van der Waals surface area contributed by atoms with E-state index in [0.717, 1.165) is 28.9 Å². The molecule has 0 spiro atoms. The molecule has 2 aromatic carbocycles. The van der Waals surface area contributed by atoms with Gasteiger partial charge in [0.05, 0.1) is 23.6 Å². The van der Waals surface area contributed by atoms with E-state index in [9.17, 15) is 18.0 Å². The fourth-order valence-electron chi connectivity index (χ4n) is 5.39. The van der Waals surface area contributed by atoms with Crippen molar-refractivity contribution in [2.75, 3.05) is 11.5 Å². The van der Waals surface area contributed by atoms with E-state index < -0.39 is 27.9 Å². The highest BCUT2D eigenvalue weighted by molar-refractivity contribution is 7.89. The highest BCUT2D eigenvalue weighted by atomic mass is 32.2. The van der Waals surface area contributed by atoms with Gasteiger partial charge in [0.1, 0.15) is 11.8 Å². The van der Waals surface area contributed by atoms with Gasteiger partial charge < -0.3 is 4.74 Å². The normalized spacial score (nSPS) is 19.3. The maximum Gasteiger partial charge on any atom is 0.252 e. The number of carbonyl (C=O) groups is 2. The van der Waals surface area contributed by atoms with E-state index >= 15 is 0 Å². The molecule has 8 heteroatoms. The average Bonchev–Trinajstić information content (AvgIpc) is 3.42. The SMILES string of the molecule is CCOc1ccc(N2C(=O)CC(N(C3CCCC3)S(=O)(=O)c3c(C)c(C)cc(C)c3C)C2=O)cc1. The van der Waals surface area contributed by atoms with E-state index in [2.05, 4.69) is 0 Å². The molecule has 1 saturated heterocycles. The molecule has 1 aliphatic carbocycles. The molecule has 1 atom stereocenters. The van der Waals surface area contributed by atoms with Crippen LogP contribution in [0.5, 0.6) is 5.75 Å².